The van der Waals surface area contributed by atoms with Crippen molar-refractivity contribution in [3.05, 3.63) is 60.2 Å². The average molecular weight is 447 g/mol. The van der Waals surface area contributed by atoms with Crippen molar-refractivity contribution in [2.24, 2.45) is 5.92 Å². The molecule has 1 atom stereocenters. The first-order valence-corrected chi connectivity index (χ1v) is 11.6. The zero-order chi connectivity index (χ0) is 23.2. The molecule has 2 aromatic carbocycles. The summed E-state index contributed by atoms with van der Waals surface area (Å²) >= 11 is 0. The van der Waals surface area contributed by atoms with Gasteiger partial charge in [-0.2, -0.15) is 4.72 Å². The summed E-state index contributed by atoms with van der Waals surface area (Å²) in [5.41, 5.74) is 0.226. The van der Waals surface area contributed by atoms with Crippen molar-refractivity contribution in [3.8, 4) is 0 Å². The van der Waals surface area contributed by atoms with Gasteiger partial charge in [0.2, 0.25) is 10.0 Å². The molecule has 1 amide bonds. The van der Waals surface area contributed by atoms with Gasteiger partial charge in [-0.25, -0.2) is 8.42 Å². The van der Waals surface area contributed by atoms with Crippen LogP contribution in [0.4, 0.5) is 5.69 Å². The highest BCUT2D eigenvalue weighted by Crippen LogP contribution is 2.18. The SMILES string of the molecule is CC(C)C[C@@H](NS(=O)(=O)c1ccc(NC(=O)c2ccccc2)cc1)C(=O)OC(C)(C)C. The molecule has 31 heavy (non-hydrogen) atoms. The Balaban J connectivity index is 2.14. The summed E-state index contributed by atoms with van der Waals surface area (Å²) in [6.45, 7) is 8.99. The topological polar surface area (TPSA) is 102 Å². The minimum atomic E-state index is -3.97. The third kappa shape index (κ3) is 7.80. The lowest BCUT2D eigenvalue weighted by atomic mass is 10.0. The summed E-state index contributed by atoms with van der Waals surface area (Å²) in [4.78, 5) is 24.7. The Morgan fingerprint density at radius 1 is 0.968 bits per heavy atom. The average Bonchev–Trinajstić information content (AvgIpc) is 2.66. The van der Waals surface area contributed by atoms with E-state index in [1.54, 1.807) is 45.0 Å². The highest BCUT2D eigenvalue weighted by molar-refractivity contribution is 7.89. The molecule has 0 radical (unpaired) electrons. The van der Waals surface area contributed by atoms with Gasteiger partial charge in [-0.15, -0.1) is 0 Å². The molecule has 8 heteroatoms. The number of benzene rings is 2. The van der Waals surface area contributed by atoms with E-state index in [0.717, 1.165) is 0 Å². The van der Waals surface area contributed by atoms with Gasteiger partial charge in [-0.3, -0.25) is 9.59 Å². The predicted octanol–water partition coefficient (Wildman–Crippen LogP) is 3.97. The van der Waals surface area contributed by atoms with Crippen LogP contribution in [0.2, 0.25) is 0 Å². The molecule has 0 saturated heterocycles. The first kappa shape index (κ1) is 24.6. The number of hydrogen-bond donors (Lipinski definition) is 2. The fourth-order valence-electron chi connectivity index (χ4n) is 2.80. The van der Waals surface area contributed by atoms with Gasteiger partial charge in [0.05, 0.1) is 4.90 Å². The Morgan fingerprint density at radius 3 is 2.06 bits per heavy atom. The van der Waals surface area contributed by atoms with Crippen molar-refractivity contribution in [2.75, 3.05) is 5.32 Å². The molecule has 0 aliphatic carbocycles. The highest BCUT2D eigenvalue weighted by atomic mass is 32.2. The Labute approximate surface area is 184 Å². The second-order valence-corrected chi connectivity index (χ2v) is 10.4. The van der Waals surface area contributed by atoms with E-state index in [0.29, 0.717) is 17.7 Å². The normalized spacial score (nSPS) is 13.0. The second-order valence-electron chi connectivity index (χ2n) is 8.68. The van der Waals surface area contributed by atoms with Gasteiger partial charge in [0, 0.05) is 11.3 Å². The number of nitrogens with one attached hydrogen (secondary N) is 2. The molecular formula is C23H30N2O5S. The Hall–Kier alpha value is -2.71. The van der Waals surface area contributed by atoms with Crippen molar-refractivity contribution < 1.29 is 22.7 Å². The maximum atomic E-state index is 12.8. The van der Waals surface area contributed by atoms with Crippen LogP contribution in [0.1, 0.15) is 51.4 Å². The lowest BCUT2D eigenvalue weighted by Crippen LogP contribution is -2.44. The molecule has 0 spiro atoms. The predicted molar refractivity (Wildman–Crippen MR) is 120 cm³/mol. The molecule has 2 aromatic rings. The fourth-order valence-corrected chi connectivity index (χ4v) is 4.00. The lowest BCUT2D eigenvalue weighted by molar-refractivity contribution is -0.157. The number of carbonyl (C=O) groups excluding carboxylic acids is 2. The fraction of sp³-hybridized carbons (Fsp3) is 0.391. The van der Waals surface area contributed by atoms with E-state index in [4.69, 9.17) is 4.74 Å². The first-order chi connectivity index (χ1) is 14.4. The number of hydrogen-bond acceptors (Lipinski definition) is 5. The molecule has 2 N–H and O–H groups in total. The van der Waals surface area contributed by atoms with E-state index in [1.165, 1.54) is 24.3 Å². The van der Waals surface area contributed by atoms with Crippen LogP contribution in [-0.2, 0) is 19.6 Å². The zero-order valence-electron chi connectivity index (χ0n) is 18.5. The maximum Gasteiger partial charge on any atom is 0.324 e. The Kier molecular flexibility index (Phi) is 7.97. The highest BCUT2D eigenvalue weighted by Gasteiger charge is 2.30. The molecule has 168 valence electrons. The Bertz CT molecular complexity index is 995. The molecule has 0 fully saturated rings. The number of ether oxygens (including phenoxy) is 1. The van der Waals surface area contributed by atoms with E-state index in [2.05, 4.69) is 10.0 Å². The number of amides is 1. The van der Waals surface area contributed by atoms with Crippen LogP contribution >= 0.6 is 0 Å². The third-order valence-corrected chi connectivity index (χ3v) is 5.64. The maximum absolute atomic E-state index is 12.8. The van der Waals surface area contributed by atoms with E-state index in [-0.39, 0.29) is 16.7 Å². The van der Waals surface area contributed by atoms with E-state index in [9.17, 15) is 18.0 Å². The van der Waals surface area contributed by atoms with Crippen LogP contribution in [0.15, 0.2) is 59.5 Å². The van der Waals surface area contributed by atoms with Gasteiger partial charge in [0.15, 0.2) is 0 Å². The van der Waals surface area contributed by atoms with Crippen LogP contribution in [-0.4, -0.2) is 31.9 Å². The number of anilines is 1. The molecule has 0 heterocycles. The minimum Gasteiger partial charge on any atom is -0.459 e. The minimum absolute atomic E-state index is 0.0116. The molecule has 0 aromatic heterocycles. The molecule has 0 aliphatic rings. The molecule has 7 nitrogen and oxygen atoms in total. The van der Waals surface area contributed by atoms with Crippen molar-refractivity contribution in [1.29, 1.82) is 0 Å². The summed E-state index contributed by atoms with van der Waals surface area (Å²) in [5.74, 6) is -0.830. The molecule has 2 rings (SSSR count). The van der Waals surface area contributed by atoms with Gasteiger partial charge >= 0.3 is 5.97 Å². The van der Waals surface area contributed by atoms with Crippen LogP contribution in [0.25, 0.3) is 0 Å². The van der Waals surface area contributed by atoms with Crippen molar-refractivity contribution in [2.45, 2.75) is 57.6 Å². The second kappa shape index (κ2) is 10.1. The largest absolute Gasteiger partial charge is 0.459 e. The van der Waals surface area contributed by atoms with E-state index >= 15 is 0 Å². The number of carbonyl (C=O) groups is 2. The lowest BCUT2D eigenvalue weighted by Gasteiger charge is -2.25. The summed E-state index contributed by atoms with van der Waals surface area (Å²) in [6, 6.07) is 13.5. The van der Waals surface area contributed by atoms with Gasteiger partial charge in [0.25, 0.3) is 5.91 Å². The summed E-state index contributed by atoms with van der Waals surface area (Å²) in [5, 5.41) is 2.72. The number of rotatable bonds is 8. The molecular weight excluding hydrogens is 416 g/mol. The number of sulfonamides is 1. The van der Waals surface area contributed by atoms with Gasteiger partial charge in [0.1, 0.15) is 11.6 Å². The van der Waals surface area contributed by atoms with Crippen LogP contribution in [0, 0.1) is 5.92 Å². The van der Waals surface area contributed by atoms with Crippen molar-refractivity contribution in [1.82, 2.24) is 4.72 Å². The monoisotopic (exact) mass is 446 g/mol. The Morgan fingerprint density at radius 2 is 1.55 bits per heavy atom. The van der Waals surface area contributed by atoms with Crippen LogP contribution in [0.5, 0.6) is 0 Å². The van der Waals surface area contributed by atoms with Gasteiger partial charge in [-0.1, -0.05) is 32.0 Å². The van der Waals surface area contributed by atoms with Crippen molar-refractivity contribution >= 4 is 27.6 Å². The van der Waals surface area contributed by atoms with E-state index in [1.807, 2.05) is 19.9 Å². The van der Waals surface area contributed by atoms with Crippen LogP contribution < -0.4 is 10.0 Å². The molecule has 0 unspecified atom stereocenters. The molecule has 0 saturated carbocycles. The van der Waals surface area contributed by atoms with Gasteiger partial charge in [-0.05, 0) is 69.5 Å². The third-order valence-electron chi connectivity index (χ3n) is 4.15. The summed E-state index contributed by atoms with van der Waals surface area (Å²) in [6.07, 6.45) is 0.305. The summed E-state index contributed by atoms with van der Waals surface area (Å²) < 4.78 is 33.5. The smallest absolute Gasteiger partial charge is 0.324 e. The van der Waals surface area contributed by atoms with Crippen LogP contribution in [0.3, 0.4) is 0 Å². The summed E-state index contributed by atoms with van der Waals surface area (Å²) in [7, 11) is -3.97. The quantitative estimate of drug-likeness (QED) is 0.598. The standard InChI is InChI=1S/C23H30N2O5S/c1-16(2)15-20(22(27)30-23(3,4)5)25-31(28,29)19-13-11-18(12-14-19)24-21(26)17-9-7-6-8-10-17/h6-14,16,20,25H,15H2,1-5H3,(H,24,26)/t20-/m1/s1. The zero-order valence-corrected chi connectivity index (χ0v) is 19.3. The molecule has 0 aliphatic heterocycles. The first-order valence-electron chi connectivity index (χ1n) is 10.1. The van der Waals surface area contributed by atoms with Gasteiger partial charge < -0.3 is 10.1 Å². The van der Waals surface area contributed by atoms with E-state index < -0.39 is 27.6 Å². The molecule has 0 bridgehead atoms. The number of esters is 1. The van der Waals surface area contributed by atoms with Crippen molar-refractivity contribution in [3.63, 3.8) is 0 Å².